The lowest BCUT2D eigenvalue weighted by atomic mass is 10.1. The summed E-state index contributed by atoms with van der Waals surface area (Å²) in [5.41, 5.74) is 1.05. The summed E-state index contributed by atoms with van der Waals surface area (Å²) < 4.78 is 10.7. The Labute approximate surface area is 114 Å². The van der Waals surface area contributed by atoms with Gasteiger partial charge < -0.3 is 14.6 Å². The van der Waals surface area contributed by atoms with Crippen LogP contribution in [0.15, 0.2) is 48.5 Å². The molecule has 0 saturated carbocycles. The van der Waals surface area contributed by atoms with Crippen LogP contribution in [-0.4, -0.2) is 17.0 Å². The highest BCUT2D eigenvalue weighted by Crippen LogP contribution is 2.33. The van der Waals surface area contributed by atoms with Gasteiger partial charge in [-0.05, 0) is 18.2 Å². The highest BCUT2D eigenvalue weighted by atomic mass is 16.7. The molecule has 1 aliphatic rings. The van der Waals surface area contributed by atoms with Crippen molar-refractivity contribution in [1.29, 1.82) is 0 Å². The van der Waals surface area contributed by atoms with Crippen LogP contribution < -0.4 is 4.74 Å². The maximum atomic E-state index is 11.7. The van der Waals surface area contributed by atoms with E-state index >= 15 is 0 Å². The number of cyclic esters (lactones) is 1. The van der Waals surface area contributed by atoms with Gasteiger partial charge >= 0.3 is 11.9 Å². The van der Waals surface area contributed by atoms with Crippen molar-refractivity contribution in [3.05, 3.63) is 65.2 Å². The molecule has 3 rings (SSSR count). The largest absolute Gasteiger partial charge is 0.478 e. The number of para-hydroxylation sites is 1. The van der Waals surface area contributed by atoms with Crippen molar-refractivity contribution in [2.75, 3.05) is 0 Å². The van der Waals surface area contributed by atoms with Crippen LogP contribution in [-0.2, 0) is 4.74 Å². The molecule has 0 saturated heterocycles. The minimum absolute atomic E-state index is 0.0212. The van der Waals surface area contributed by atoms with Crippen molar-refractivity contribution in [2.24, 2.45) is 0 Å². The SMILES string of the molecule is O=C(O)c1ccccc1OC1OC(=O)c2ccccc21. The summed E-state index contributed by atoms with van der Waals surface area (Å²) in [6.45, 7) is 0. The predicted octanol–water partition coefficient (Wildman–Crippen LogP) is 2.63. The molecule has 1 heterocycles. The molecule has 0 aromatic heterocycles. The van der Waals surface area contributed by atoms with Crippen LogP contribution >= 0.6 is 0 Å². The number of hydrogen-bond acceptors (Lipinski definition) is 4. The highest BCUT2D eigenvalue weighted by molar-refractivity contribution is 5.94. The number of aromatic carboxylic acids is 1. The van der Waals surface area contributed by atoms with E-state index in [-0.39, 0.29) is 11.3 Å². The summed E-state index contributed by atoms with van der Waals surface area (Å²) >= 11 is 0. The first-order valence-electron chi connectivity index (χ1n) is 5.95. The van der Waals surface area contributed by atoms with Crippen LogP contribution in [0, 0.1) is 0 Å². The number of carbonyl (C=O) groups is 2. The third kappa shape index (κ3) is 1.99. The summed E-state index contributed by atoms with van der Waals surface area (Å²) in [7, 11) is 0. The summed E-state index contributed by atoms with van der Waals surface area (Å²) in [6, 6.07) is 13.1. The van der Waals surface area contributed by atoms with Gasteiger partial charge in [0.05, 0.1) is 5.56 Å². The Morgan fingerprint density at radius 1 is 1.10 bits per heavy atom. The van der Waals surface area contributed by atoms with Gasteiger partial charge in [-0.15, -0.1) is 0 Å². The fraction of sp³-hybridized carbons (Fsp3) is 0.0667. The average molecular weight is 270 g/mol. The molecule has 1 N–H and O–H groups in total. The first-order valence-corrected chi connectivity index (χ1v) is 5.95. The van der Waals surface area contributed by atoms with Gasteiger partial charge in [0.2, 0.25) is 0 Å². The van der Waals surface area contributed by atoms with Crippen molar-refractivity contribution in [1.82, 2.24) is 0 Å². The summed E-state index contributed by atoms with van der Waals surface area (Å²) in [5, 5.41) is 9.10. The van der Waals surface area contributed by atoms with Crippen LogP contribution in [0.25, 0.3) is 0 Å². The molecule has 2 aromatic rings. The second-order valence-electron chi connectivity index (χ2n) is 4.24. The van der Waals surface area contributed by atoms with E-state index in [1.54, 1.807) is 36.4 Å². The second-order valence-corrected chi connectivity index (χ2v) is 4.24. The Kier molecular flexibility index (Phi) is 2.87. The molecule has 0 spiro atoms. The number of benzene rings is 2. The number of ether oxygens (including phenoxy) is 2. The lowest BCUT2D eigenvalue weighted by molar-refractivity contribution is -0.0385. The van der Waals surface area contributed by atoms with Gasteiger partial charge in [-0.25, -0.2) is 9.59 Å². The fourth-order valence-electron chi connectivity index (χ4n) is 2.06. The van der Waals surface area contributed by atoms with E-state index in [0.717, 1.165) is 0 Å². The molecule has 1 aliphatic heterocycles. The Morgan fingerprint density at radius 2 is 1.80 bits per heavy atom. The zero-order valence-corrected chi connectivity index (χ0v) is 10.3. The quantitative estimate of drug-likeness (QED) is 0.868. The Morgan fingerprint density at radius 3 is 2.60 bits per heavy atom. The predicted molar refractivity (Wildman–Crippen MR) is 68.6 cm³/mol. The molecule has 0 radical (unpaired) electrons. The van der Waals surface area contributed by atoms with Gasteiger partial charge in [0.1, 0.15) is 11.3 Å². The summed E-state index contributed by atoms with van der Waals surface area (Å²) in [4.78, 5) is 22.8. The molecular weight excluding hydrogens is 260 g/mol. The number of carboxylic acids is 1. The zero-order valence-electron chi connectivity index (χ0n) is 10.3. The standard InChI is InChI=1S/C15H10O5/c16-13(17)11-7-3-4-8-12(11)19-15-10-6-2-1-5-9(10)14(18)20-15/h1-8,15H,(H,16,17). The monoisotopic (exact) mass is 270 g/mol. The Balaban J connectivity index is 1.94. The lowest BCUT2D eigenvalue weighted by Crippen LogP contribution is -2.10. The summed E-state index contributed by atoms with van der Waals surface area (Å²) in [6.07, 6.45) is -0.917. The van der Waals surface area contributed by atoms with E-state index in [2.05, 4.69) is 0 Å². The van der Waals surface area contributed by atoms with Gasteiger partial charge in [-0.3, -0.25) is 0 Å². The van der Waals surface area contributed by atoms with Gasteiger partial charge in [0, 0.05) is 5.56 Å². The van der Waals surface area contributed by atoms with Crippen LogP contribution in [0.3, 0.4) is 0 Å². The maximum Gasteiger partial charge on any atom is 0.342 e. The van der Waals surface area contributed by atoms with Crippen molar-refractivity contribution in [3.8, 4) is 5.75 Å². The minimum atomic E-state index is -1.10. The minimum Gasteiger partial charge on any atom is -0.478 e. The molecule has 0 aliphatic carbocycles. The molecule has 5 nitrogen and oxygen atoms in total. The Bertz CT molecular complexity index is 692. The second kappa shape index (κ2) is 4.70. The van der Waals surface area contributed by atoms with Crippen molar-refractivity contribution >= 4 is 11.9 Å². The van der Waals surface area contributed by atoms with Crippen molar-refractivity contribution in [2.45, 2.75) is 6.29 Å². The molecule has 1 atom stereocenters. The number of esters is 1. The van der Waals surface area contributed by atoms with Crippen LogP contribution in [0.5, 0.6) is 5.75 Å². The molecule has 2 aromatic carbocycles. The third-order valence-corrected chi connectivity index (χ3v) is 3.00. The fourth-order valence-corrected chi connectivity index (χ4v) is 2.06. The van der Waals surface area contributed by atoms with Gasteiger partial charge in [0.15, 0.2) is 0 Å². The number of carboxylic acid groups (broad SMARTS) is 1. The molecule has 0 bridgehead atoms. The number of hydrogen-bond donors (Lipinski definition) is 1. The molecule has 0 amide bonds. The molecule has 0 fully saturated rings. The molecule has 1 unspecified atom stereocenters. The van der Waals surface area contributed by atoms with Crippen molar-refractivity contribution in [3.63, 3.8) is 0 Å². The van der Waals surface area contributed by atoms with E-state index in [0.29, 0.717) is 11.1 Å². The van der Waals surface area contributed by atoms with Crippen LogP contribution in [0.4, 0.5) is 0 Å². The number of carbonyl (C=O) groups excluding carboxylic acids is 1. The summed E-state index contributed by atoms with van der Waals surface area (Å²) in [5.74, 6) is -1.41. The smallest absolute Gasteiger partial charge is 0.342 e. The van der Waals surface area contributed by atoms with E-state index in [9.17, 15) is 9.59 Å². The van der Waals surface area contributed by atoms with Crippen molar-refractivity contribution < 1.29 is 24.2 Å². The highest BCUT2D eigenvalue weighted by Gasteiger charge is 2.32. The molecular formula is C15H10O5. The van der Waals surface area contributed by atoms with E-state index in [1.807, 2.05) is 0 Å². The third-order valence-electron chi connectivity index (χ3n) is 3.00. The lowest BCUT2D eigenvalue weighted by Gasteiger charge is -2.15. The van der Waals surface area contributed by atoms with E-state index in [1.165, 1.54) is 12.1 Å². The zero-order chi connectivity index (χ0) is 14.1. The number of fused-ring (bicyclic) bond motifs is 1. The van der Waals surface area contributed by atoms with E-state index < -0.39 is 18.2 Å². The normalized spacial score (nSPS) is 16.4. The van der Waals surface area contributed by atoms with Gasteiger partial charge in [0.25, 0.3) is 6.29 Å². The first kappa shape index (κ1) is 12.2. The van der Waals surface area contributed by atoms with E-state index in [4.69, 9.17) is 14.6 Å². The van der Waals surface area contributed by atoms with Crippen LogP contribution in [0.1, 0.15) is 32.6 Å². The number of rotatable bonds is 3. The maximum absolute atomic E-state index is 11.7. The Hall–Kier alpha value is -2.82. The molecule has 100 valence electrons. The molecule has 20 heavy (non-hydrogen) atoms. The van der Waals surface area contributed by atoms with Gasteiger partial charge in [-0.1, -0.05) is 30.3 Å². The van der Waals surface area contributed by atoms with Gasteiger partial charge in [-0.2, -0.15) is 0 Å². The molecule has 5 heteroatoms. The first-order chi connectivity index (χ1) is 9.66. The topological polar surface area (TPSA) is 72.8 Å². The average Bonchev–Trinajstić information content (AvgIpc) is 2.76. The van der Waals surface area contributed by atoms with Crippen LogP contribution in [0.2, 0.25) is 0 Å².